The van der Waals surface area contributed by atoms with Crippen LogP contribution in [-0.2, 0) is 13.1 Å². The lowest BCUT2D eigenvalue weighted by Crippen LogP contribution is -2.15. The smallest absolute Gasteiger partial charge is 0.127 e. The molecule has 3 nitrogen and oxygen atoms in total. The normalized spacial score (nSPS) is 11.3. The summed E-state index contributed by atoms with van der Waals surface area (Å²) in [6.07, 6.45) is 4.05. The molecule has 0 radical (unpaired) electrons. The van der Waals surface area contributed by atoms with E-state index < -0.39 is 11.6 Å². The summed E-state index contributed by atoms with van der Waals surface area (Å²) in [5, 5.41) is 7.60. The SMILES string of the molecule is CCC(CC)n1ccc(CNCc2cc(F)ccc2F)n1. The molecule has 5 heteroatoms. The molecular formula is C16H21F2N3. The van der Waals surface area contributed by atoms with Gasteiger partial charge in [0.1, 0.15) is 11.6 Å². The third kappa shape index (κ3) is 4.11. The molecule has 1 aromatic heterocycles. The predicted molar refractivity (Wildman–Crippen MR) is 78.7 cm³/mol. The maximum atomic E-state index is 13.5. The summed E-state index contributed by atoms with van der Waals surface area (Å²) in [6.45, 7) is 5.09. The van der Waals surface area contributed by atoms with Gasteiger partial charge in [0, 0.05) is 24.8 Å². The number of nitrogens with zero attached hydrogens (tertiary/aromatic N) is 2. The van der Waals surface area contributed by atoms with Crippen molar-refractivity contribution < 1.29 is 8.78 Å². The Kier molecular flexibility index (Phi) is 5.44. The lowest BCUT2D eigenvalue weighted by Gasteiger charge is -2.12. The van der Waals surface area contributed by atoms with E-state index in [2.05, 4.69) is 24.3 Å². The highest BCUT2D eigenvalue weighted by Crippen LogP contribution is 2.14. The van der Waals surface area contributed by atoms with Gasteiger partial charge in [-0.1, -0.05) is 13.8 Å². The standard InChI is InChI=1S/C16H21F2N3/c1-3-15(4-2)21-8-7-14(20-21)11-19-10-12-9-13(17)5-6-16(12)18/h5-9,15,19H,3-4,10-11H2,1-2H3. The molecular weight excluding hydrogens is 272 g/mol. The van der Waals surface area contributed by atoms with E-state index in [4.69, 9.17) is 0 Å². The van der Waals surface area contributed by atoms with Gasteiger partial charge in [0.25, 0.3) is 0 Å². The number of halogens is 2. The third-order valence-electron chi connectivity index (χ3n) is 3.61. The van der Waals surface area contributed by atoms with E-state index in [1.165, 1.54) is 6.07 Å². The fourth-order valence-corrected chi connectivity index (χ4v) is 2.34. The molecule has 1 aromatic carbocycles. The quantitative estimate of drug-likeness (QED) is 0.841. The number of rotatable bonds is 7. The van der Waals surface area contributed by atoms with Crippen molar-refractivity contribution in [2.75, 3.05) is 0 Å². The van der Waals surface area contributed by atoms with E-state index in [1.54, 1.807) is 0 Å². The third-order valence-corrected chi connectivity index (χ3v) is 3.61. The molecule has 0 unspecified atom stereocenters. The van der Waals surface area contributed by atoms with Gasteiger partial charge < -0.3 is 5.32 Å². The Bertz CT molecular complexity index is 577. The van der Waals surface area contributed by atoms with Crippen LogP contribution in [0.1, 0.15) is 44.0 Å². The number of aromatic nitrogens is 2. The number of hydrogen-bond acceptors (Lipinski definition) is 2. The lowest BCUT2D eigenvalue weighted by atomic mass is 10.2. The van der Waals surface area contributed by atoms with E-state index in [0.717, 1.165) is 30.7 Å². The summed E-state index contributed by atoms with van der Waals surface area (Å²) in [5.41, 5.74) is 1.23. The summed E-state index contributed by atoms with van der Waals surface area (Å²) in [7, 11) is 0. The van der Waals surface area contributed by atoms with Crippen LogP contribution in [0.15, 0.2) is 30.5 Å². The molecule has 0 bridgehead atoms. The van der Waals surface area contributed by atoms with E-state index in [0.29, 0.717) is 18.2 Å². The fourth-order valence-electron chi connectivity index (χ4n) is 2.34. The van der Waals surface area contributed by atoms with Gasteiger partial charge >= 0.3 is 0 Å². The largest absolute Gasteiger partial charge is 0.307 e. The van der Waals surface area contributed by atoms with Crippen LogP contribution in [0, 0.1) is 11.6 Å². The molecule has 0 aliphatic carbocycles. The second-order valence-corrected chi connectivity index (χ2v) is 5.10. The molecule has 21 heavy (non-hydrogen) atoms. The molecule has 2 aromatic rings. The first kappa shape index (κ1) is 15.6. The average Bonchev–Trinajstić information content (AvgIpc) is 2.93. The second kappa shape index (κ2) is 7.31. The summed E-state index contributed by atoms with van der Waals surface area (Å²) >= 11 is 0. The van der Waals surface area contributed by atoms with E-state index >= 15 is 0 Å². The van der Waals surface area contributed by atoms with Gasteiger partial charge in [0.2, 0.25) is 0 Å². The first-order valence-electron chi connectivity index (χ1n) is 7.32. The zero-order valence-corrected chi connectivity index (χ0v) is 12.4. The maximum absolute atomic E-state index is 13.5. The van der Waals surface area contributed by atoms with E-state index in [1.807, 2.05) is 16.9 Å². The van der Waals surface area contributed by atoms with Crippen LogP contribution in [0.3, 0.4) is 0 Å². The molecule has 1 N–H and O–H groups in total. The highest BCUT2D eigenvalue weighted by molar-refractivity contribution is 5.18. The van der Waals surface area contributed by atoms with Crippen LogP contribution in [0.2, 0.25) is 0 Å². The topological polar surface area (TPSA) is 29.9 Å². The zero-order valence-electron chi connectivity index (χ0n) is 12.4. The molecule has 0 aliphatic heterocycles. The lowest BCUT2D eigenvalue weighted by molar-refractivity contribution is 0.424. The van der Waals surface area contributed by atoms with Crippen LogP contribution in [-0.4, -0.2) is 9.78 Å². The molecule has 0 spiro atoms. The Balaban J connectivity index is 1.90. The van der Waals surface area contributed by atoms with Crippen LogP contribution in [0.4, 0.5) is 8.78 Å². The number of hydrogen-bond donors (Lipinski definition) is 1. The van der Waals surface area contributed by atoms with Gasteiger partial charge in [-0.25, -0.2) is 8.78 Å². The maximum Gasteiger partial charge on any atom is 0.127 e. The van der Waals surface area contributed by atoms with Crippen molar-refractivity contribution in [3.63, 3.8) is 0 Å². The van der Waals surface area contributed by atoms with E-state index in [9.17, 15) is 8.78 Å². The van der Waals surface area contributed by atoms with Crippen molar-refractivity contribution in [1.29, 1.82) is 0 Å². The monoisotopic (exact) mass is 293 g/mol. The molecule has 0 atom stereocenters. The van der Waals surface area contributed by atoms with Crippen LogP contribution >= 0.6 is 0 Å². The van der Waals surface area contributed by atoms with Gasteiger partial charge in [0.05, 0.1) is 11.7 Å². The van der Waals surface area contributed by atoms with Gasteiger partial charge in [-0.3, -0.25) is 4.68 Å². The van der Waals surface area contributed by atoms with Crippen LogP contribution in [0.5, 0.6) is 0 Å². The van der Waals surface area contributed by atoms with Crippen LogP contribution < -0.4 is 5.32 Å². The Hall–Kier alpha value is -1.75. The van der Waals surface area contributed by atoms with Crippen molar-refractivity contribution in [3.05, 3.63) is 53.4 Å². The van der Waals surface area contributed by atoms with Gasteiger partial charge in [-0.05, 0) is 37.1 Å². The molecule has 2 rings (SSSR count). The minimum absolute atomic E-state index is 0.279. The second-order valence-electron chi connectivity index (χ2n) is 5.10. The average molecular weight is 293 g/mol. The predicted octanol–water partition coefficient (Wildman–Crippen LogP) is 3.81. The molecule has 0 fully saturated rings. The van der Waals surface area contributed by atoms with Crippen molar-refractivity contribution in [2.45, 2.75) is 45.8 Å². The highest BCUT2D eigenvalue weighted by atomic mass is 19.1. The zero-order chi connectivity index (χ0) is 15.2. The molecule has 1 heterocycles. The Morgan fingerprint density at radius 2 is 1.90 bits per heavy atom. The number of nitrogens with one attached hydrogen (secondary N) is 1. The Morgan fingerprint density at radius 3 is 2.62 bits per heavy atom. The minimum Gasteiger partial charge on any atom is -0.307 e. The van der Waals surface area contributed by atoms with Crippen molar-refractivity contribution in [2.24, 2.45) is 0 Å². The molecule has 114 valence electrons. The molecule has 0 amide bonds. The van der Waals surface area contributed by atoms with Gasteiger partial charge in [-0.15, -0.1) is 0 Å². The number of benzene rings is 1. The first-order chi connectivity index (χ1) is 10.1. The highest BCUT2D eigenvalue weighted by Gasteiger charge is 2.08. The van der Waals surface area contributed by atoms with E-state index in [-0.39, 0.29) is 6.54 Å². The Labute approximate surface area is 124 Å². The fraction of sp³-hybridized carbons (Fsp3) is 0.438. The van der Waals surface area contributed by atoms with Crippen molar-refractivity contribution >= 4 is 0 Å². The molecule has 0 saturated carbocycles. The summed E-state index contributed by atoms with van der Waals surface area (Å²) in [6, 6.07) is 5.85. The molecule has 0 aliphatic rings. The molecule has 0 saturated heterocycles. The minimum atomic E-state index is -0.425. The van der Waals surface area contributed by atoms with Gasteiger partial charge in [-0.2, -0.15) is 5.10 Å². The summed E-state index contributed by atoms with van der Waals surface area (Å²) in [5.74, 6) is -0.822. The summed E-state index contributed by atoms with van der Waals surface area (Å²) in [4.78, 5) is 0. The van der Waals surface area contributed by atoms with Crippen molar-refractivity contribution in [3.8, 4) is 0 Å². The first-order valence-corrected chi connectivity index (χ1v) is 7.32. The van der Waals surface area contributed by atoms with Crippen LogP contribution in [0.25, 0.3) is 0 Å². The summed E-state index contributed by atoms with van der Waals surface area (Å²) < 4.78 is 28.5. The van der Waals surface area contributed by atoms with Gasteiger partial charge in [0.15, 0.2) is 0 Å². The van der Waals surface area contributed by atoms with Crippen molar-refractivity contribution in [1.82, 2.24) is 15.1 Å². The Morgan fingerprint density at radius 1 is 1.14 bits per heavy atom.